The van der Waals surface area contributed by atoms with Crippen LogP contribution in [0.2, 0.25) is 0 Å². The summed E-state index contributed by atoms with van der Waals surface area (Å²) in [6.45, 7) is 7.81. The number of benzene rings is 1. The van der Waals surface area contributed by atoms with E-state index in [1.165, 1.54) is 12.1 Å². The van der Waals surface area contributed by atoms with Gasteiger partial charge >= 0.3 is 0 Å². The molecule has 1 aromatic carbocycles. The van der Waals surface area contributed by atoms with E-state index >= 15 is 0 Å². The van der Waals surface area contributed by atoms with Crippen molar-refractivity contribution < 1.29 is 9.18 Å². The molecule has 0 saturated carbocycles. The summed E-state index contributed by atoms with van der Waals surface area (Å²) in [7, 11) is 0. The van der Waals surface area contributed by atoms with Crippen LogP contribution >= 0.6 is 0 Å². The third-order valence-electron chi connectivity index (χ3n) is 3.43. The van der Waals surface area contributed by atoms with Crippen molar-refractivity contribution in [1.82, 2.24) is 20.4 Å². The van der Waals surface area contributed by atoms with Crippen molar-refractivity contribution in [1.29, 1.82) is 0 Å². The number of aromatic nitrogens is 2. The molecule has 0 saturated heterocycles. The Morgan fingerprint density at radius 2 is 1.91 bits per heavy atom. The molecule has 1 aromatic heterocycles. The molecule has 0 spiro atoms. The van der Waals surface area contributed by atoms with E-state index in [1.807, 2.05) is 13.8 Å². The summed E-state index contributed by atoms with van der Waals surface area (Å²) in [6, 6.07) is 6.03. The van der Waals surface area contributed by atoms with Gasteiger partial charge in [0.05, 0.1) is 22.6 Å². The Labute approximate surface area is 129 Å². The number of likely N-dealkylation sites (N-methyl/N-ethyl adjacent to an activating group) is 1. The maximum absolute atomic E-state index is 13.0. The van der Waals surface area contributed by atoms with Crippen LogP contribution in [-0.2, 0) is 0 Å². The quantitative estimate of drug-likeness (QED) is 0.802. The largest absolute Gasteiger partial charge is 0.351 e. The predicted molar refractivity (Wildman–Crippen MR) is 83.9 cm³/mol. The molecule has 1 amide bonds. The van der Waals surface area contributed by atoms with Crippen LogP contribution in [-0.4, -0.2) is 35.3 Å². The highest BCUT2D eigenvalue weighted by atomic mass is 19.1. The van der Waals surface area contributed by atoms with Crippen molar-refractivity contribution in [3.63, 3.8) is 0 Å². The van der Waals surface area contributed by atoms with Gasteiger partial charge in [0.15, 0.2) is 0 Å². The zero-order valence-corrected chi connectivity index (χ0v) is 13.1. The number of amides is 1. The summed E-state index contributed by atoms with van der Waals surface area (Å²) < 4.78 is 14.7. The Bertz CT molecular complexity index is 649. The fourth-order valence-corrected chi connectivity index (χ4v) is 2.33. The van der Waals surface area contributed by atoms with Gasteiger partial charge in [0.1, 0.15) is 5.82 Å². The van der Waals surface area contributed by atoms with Crippen molar-refractivity contribution in [2.75, 3.05) is 19.6 Å². The molecular formula is C16H21FN4O. The number of carbonyl (C=O) groups excluding carboxylic acids is 1. The number of hydrogen-bond acceptors (Lipinski definition) is 3. The van der Waals surface area contributed by atoms with Gasteiger partial charge in [0.2, 0.25) is 0 Å². The first-order chi connectivity index (χ1) is 10.5. The van der Waals surface area contributed by atoms with Crippen LogP contribution in [0.15, 0.2) is 24.3 Å². The molecule has 5 nitrogen and oxygen atoms in total. The SMILES string of the molecule is CCNCCNC(=O)c1c(C)nn(-c2ccc(F)cc2)c1C. The standard InChI is InChI=1S/C16H21FN4O/c1-4-18-9-10-19-16(22)15-11(2)20-21(12(15)3)14-7-5-13(17)6-8-14/h5-8,18H,4,9-10H2,1-3H3,(H,19,22). The first kappa shape index (κ1) is 16.2. The van der Waals surface area contributed by atoms with Gasteiger partial charge in [0.25, 0.3) is 5.91 Å². The molecule has 0 fully saturated rings. The molecule has 0 radical (unpaired) electrons. The van der Waals surface area contributed by atoms with Crippen LogP contribution in [0.5, 0.6) is 0 Å². The molecular weight excluding hydrogens is 283 g/mol. The van der Waals surface area contributed by atoms with Gasteiger partial charge in [-0.1, -0.05) is 6.92 Å². The highest BCUT2D eigenvalue weighted by molar-refractivity contribution is 5.96. The highest BCUT2D eigenvalue weighted by Gasteiger charge is 2.18. The number of halogens is 1. The Morgan fingerprint density at radius 1 is 1.23 bits per heavy atom. The molecule has 2 rings (SSSR count). The number of nitrogens with zero attached hydrogens (tertiary/aromatic N) is 2. The maximum atomic E-state index is 13.0. The van der Waals surface area contributed by atoms with Crippen molar-refractivity contribution in [2.24, 2.45) is 0 Å². The normalized spacial score (nSPS) is 10.7. The van der Waals surface area contributed by atoms with Crippen LogP contribution in [0.1, 0.15) is 28.7 Å². The van der Waals surface area contributed by atoms with E-state index in [2.05, 4.69) is 15.7 Å². The summed E-state index contributed by atoms with van der Waals surface area (Å²) in [5.74, 6) is -0.437. The third kappa shape index (κ3) is 3.51. The van der Waals surface area contributed by atoms with Crippen LogP contribution in [0.3, 0.4) is 0 Å². The fourth-order valence-electron chi connectivity index (χ4n) is 2.33. The van der Waals surface area contributed by atoms with E-state index in [1.54, 1.807) is 23.7 Å². The molecule has 1 heterocycles. The molecule has 0 atom stereocenters. The number of nitrogens with one attached hydrogen (secondary N) is 2. The molecule has 0 unspecified atom stereocenters. The van der Waals surface area contributed by atoms with Gasteiger partial charge < -0.3 is 10.6 Å². The predicted octanol–water partition coefficient (Wildman–Crippen LogP) is 1.97. The first-order valence-electron chi connectivity index (χ1n) is 7.35. The van der Waals surface area contributed by atoms with Crippen molar-refractivity contribution in [3.05, 3.63) is 47.0 Å². The average molecular weight is 304 g/mol. The van der Waals surface area contributed by atoms with E-state index in [0.29, 0.717) is 17.8 Å². The van der Waals surface area contributed by atoms with E-state index in [4.69, 9.17) is 0 Å². The molecule has 0 aliphatic heterocycles. The Morgan fingerprint density at radius 3 is 2.55 bits per heavy atom. The number of carbonyl (C=O) groups is 1. The lowest BCUT2D eigenvalue weighted by atomic mass is 10.2. The van der Waals surface area contributed by atoms with Gasteiger partial charge in [-0.2, -0.15) is 5.10 Å². The summed E-state index contributed by atoms with van der Waals surface area (Å²) in [5.41, 5.74) is 2.70. The molecule has 22 heavy (non-hydrogen) atoms. The van der Waals surface area contributed by atoms with Crippen molar-refractivity contribution in [2.45, 2.75) is 20.8 Å². The van der Waals surface area contributed by atoms with Gasteiger partial charge in [-0.25, -0.2) is 9.07 Å². The van der Waals surface area contributed by atoms with Crippen LogP contribution in [0.4, 0.5) is 4.39 Å². The molecule has 0 aliphatic carbocycles. The van der Waals surface area contributed by atoms with Crippen LogP contribution < -0.4 is 10.6 Å². The number of aryl methyl sites for hydroxylation is 1. The van der Waals surface area contributed by atoms with Crippen molar-refractivity contribution >= 4 is 5.91 Å². The zero-order valence-electron chi connectivity index (χ0n) is 13.1. The highest BCUT2D eigenvalue weighted by Crippen LogP contribution is 2.18. The molecule has 0 bridgehead atoms. The Hall–Kier alpha value is -2.21. The number of rotatable bonds is 6. The molecule has 6 heteroatoms. The third-order valence-corrected chi connectivity index (χ3v) is 3.43. The maximum Gasteiger partial charge on any atom is 0.255 e. The lowest BCUT2D eigenvalue weighted by Crippen LogP contribution is -2.32. The minimum atomic E-state index is -0.299. The minimum Gasteiger partial charge on any atom is -0.351 e. The van der Waals surface area contributed by atoms with Crippen molar-refractivity contribution in [3.8, 4) is 5.69 Å². The lowest BCUT2D eigenvalue weighted by molar-refractivity contribution is 0.0952. The van der Waals surface area contributed by atoms with Crippen LogP contribution in [0.25, 0.3) is 5.69 Å². The average Bonchev–Trinajstić information content (AvgIpc) is 2.79. The summed E-state index contributed by atoms with van der Waals surface area (Å²) in [5, 5.41) is 10.4. The van der Waals surface area contributed by atoms with E-state index < -0.39 is 0 Å². The fraction of sp³-hybridized carbons (Fsp3) is 0.375. The second kappa shape index (κ2) is 7.17. The van der Waals surface area contributed by atoms with Gasteiger partial charge in [0, 0.05) is 13.1 Å². The van der Waals surface area contributed by atoms with Gasteiger partial charge in [-0.15, -0.1) is 0 Å². The number of hydrogen-bond donors (Lipinski definition) is 2. The summed E-state index contributed by atoms with van der Waals surface area (Å²) in [6.07, 6.45) is 0. The molecule has 118 valence electrons. The molecule has 2 aromatic rings. The molecule has 0 aliphatic rings. The smallest absolute Gasteiger partial charge is 0.255 e. The summed E-state index contributed by atoms with van der Waals surface area (Å²) >= 11 is 0. The lowest BCUT2D eigenvalue weighted by Gasteiger charge is -2.07. The van der Waals surface area contributed by atoms with Gasteiger partial charge in [-0.05, 0) is 44.7 Å². The minimum absolute atomic E-state index is 0.138. The monoisotopic (exact) mass is 304 g/mol. The Kier molecular flexibility index (Phi) is 5.27. The zero-order chi connectivity index (χ0) is 16.1. The van der Waals surface area contributed by atoms with Gasteiger partial charge in [-0.3, -0.25) is 4.79 Å². The van der Waals surface area contributed by atoms with E-state index in [-0.39, 0.29) is 11.7 Å². The Balaban J connectivity index is 2.20. The van der Waals surface area contributed by atoms with Crippen LogP contribution in [0, 0.1) is 19.7 Å². The topological polar surface area (TPSA) is 58.9 Å². The van der Waals surface area contributed by atoms with E-state index in [0.717, 1.165) is 24.5 Å². The second-order valence-electron chi connectivity index (χ2n) is 5.04. The van der Waals surface area contributed by atoms with E-state index in [9.17, 15) is 9.18 Å². The molecule has 2 N–H and O–H groups in total. The summed E-state index contributed by atoms with van der Waals surface area (Å²) in [4.78, 5) is 12.3. The first-order valence-corrected chi connectivity index (χ1v) is 7.35. The second-order valence-corrected chi connectivity index (χ2v) is 5.04.